The van der Waals surface area contributed by atoms with Gasteiger partial charge < -0.3 is 30.4 Å². The molecule has 1 fully saturated rings. The number of amides is 1. The first-order valence-corrected chi connectivity index (χ1v) is 12.6. The summed E-state index contributed by atoms with van der Waals surface area (Å²) in [7, 11) is 4.27. The summed E-state index contributed by atoms with van der Waals surface area (Å²) in [5.41, 5.74) is 3.11. The Labute approximate surface area is 231 Å². The minimum Gasteiger partial charge on any atom is -0.493 e. The molecule has 1 aliphatic rings. The summed E-state index contributed by atoms with van der Waals surface area (Å²) in [5.74, 6) is -6.14. The molecule has 4 atom stereocenters. The molecule has 0 radical (unpaired) electrons. The van der Waals surface area contributed by atoms with Gasteiger partial charge >= 0.3 is 6.18 Å². The molecule has 3 aromatic rings. The van der Waals surface area contributed by atoms with E-state index in [0.29, 0.717) is 0 Å². The van der Waals surface area contributed by atoms with Crippen molar-refractivity contribution in [3.63, 3.8) is 0 Å². The van der Waals surface area contributed by atoms with E-state index in [2.05, 4.69) is 20.3 Å². The van der Waals surface area contributed by atoms with Crippen molar-refractivity contribution < 1.29 is 36.2 Å². The lowest BCUT2D eigenvalue weighted by atomic mass is 9.77. The highest BCUT2D eigenvalue weighted by atomic mass is 19.4. The highest BCUT2D eigenvalue weighted by Gasteiger charge is 2.65. The van der Waals surface area contributed by atoms with Gasteiger partial charge in [-0.05, 0) is 13.0 Å². The zero-order valence-corrected chi connectivity index (χ0v) is 22.9. The number of anilines is 1. The Morgan fingerprint density at radius 2 is 1.98 bits per heavy atom. The van der Waals surface area contributed by atoms with Gasteiger partial charge in [-0.15, -0.1) is 0 Å². The minimum atomic E-state index is -4.84. The predicted molar refractivity (Wildman–Crippen MR) is 140 cm³/mol. The van der Waals surface area contributed by atoms with Crippen LogP contribution in [0.1, 0.15) is 49.4 Å². The standard InChI is InChI=1S/C26H30F5N7O3/c1-11-17(12-6-7-13(27)18(28)21(12)40-5)22(41-25(11,2)26(29,30)31)24-34-14-10-15(35-16(39)8-9-32)36-20(19(14)37-24)23(33)38(3)4/h6-7,10-11,17,22,33H,8-9,32H2,1-5H3,(H,34,37)(H,35,36,39)/t11-,17-,22+,25+/m0/s1. The summed E-state index contributed by atoms with van der Waals surface area (Å²) >= 11 is 0. The molecule has 1 saturated heterocycles. The molecule has 1 aromatic carbocycles. The summed E-state index contributed by atoms with van der Waals surface area (Å²) < 4.78 is 82.7. The van der Waals surface area contributed by atoms with Crippen LogP contribution in [0.5, 0.6) is 5.75 Å². The van der Waals surface area contributed by atoms with Gasteiger partial charge in [0.15, 0.2) is 17.2 Å². The van der Waals surface area contributed by atoms with Crippen molar-refractivity contribution in [2.45, 2.75) is 44.1 Å². The number of amidine groups is 1. The van der Waals surface area contributed by atoms with E-state index in [0.717, 1.165) is 20.1 Å². The molecule has 2 aromatic heterocycles. The lowest BCUT2D eigenvalue weighted by Crippen LogP contribution is -2.46. The fourth-order valence-corrected chi connectivity index (χ4v) is 4.99. The zero-order valence-electron chi connectivity index (χ0n) is 22.9. The molecule has 5 N–H and O–H groups in total. The summed E-state index contributed by atoms with van der Waals surface area (Å²) in [6.07, 6.45) is -6.26. The smallest absolute Gasteiger partial charge is 0.417 e. The zero-order chi connectivity index (χ0) is 30.4. The van der Waals surface area contributed by atoms with E-state index in [4.69, 9.17) is 20.6 Å². The molecule has 0 unspecified atom stereocenters. The summed E-state index contributed by atoms with van der Waals surface area (Å²) in [5, 5.41) is 11.1. The van der Waals surface area contributed by atoms with Crippen molar-refractivity contribution in [3.8, 4) is 5.75 Å². The van der Waals surface area contributed by atoms with Crippen molar-refractivity contribution in [1.29, 1.82) is 5.41 Å². The maximum absolute atomic E-state index is 14.7. The van der Waals surface area contributed by atoms with Crippen LogP contribution in [0.3, 0.4) is 0 Å². The Kier molecular flexibility index (Phi) is 7.97. The van der Waals surface area contributed by atoms with Gasteiger partial charge in [0.05, 0.1) is 12.6 Å². The Hall–Kier alpha value is -3.85. The minimum absolute atomic E-state index is 0.00989. The lowest BCUT2D eigenvalue weighted by molar-refractivity contribution is -0.275. The molecule has 3 heterocycles. The van der Waals surface area contributed by atoms with E-state index in [9.17, 15) is 26.7 Å². The van der Waals surface area contributed by atoms with E-state index in [-0.39, 0.29) is 52.7 Å². The third-order valence-electron chi connectivity index (χ3n) is 7.38. The molecular formula is C26H30F5N7O3. The largest absolute Gasteiger partial charge is 0.493 e. The normalized spacial score (nSPS) is 22.7. The predicted octanol–water partition coefficient (Wildman–Crippen LogP) is 4.23. The molecule has 1 amide bonds. The molecule has 15 heteroatoms. The van der Waals surface area contributed by atoms with E-state index >= 15 is 0 Å². The van der Waals surface area contributed by atoms with Crippen molar-refractivity contribution in [1.82, 2.24) is 19.9 Å². The number of halogens is 5. The summed E-state index contributed by atoms with van der Waals surface area (Å²) in [6, 6.07) is 3.40. The van der Waals surface area contributed by atoms with E-state index in [1.165, 1.54) is 24.0 Å². The van der Waals surface area contributed by atoms with Crippen LogP contribution in [0.15, 0.2) is 18.2 Å². The van der Waals surface area contributed by atoms with Crippen molar-refractivity contribution in [2.75, 3.05) is 33.1 Å². The number of H-pyrrole nitrogens is 1. The highest BCUT2D eigenvalue weighted by Crippen LogP contribution is 2.59. The van der Waals surface area contributed by atoms with Crippen molar-refractivity contribution in [3.05, 3.63) is 46.9 Å². The number of fused-ring (bicyclic) bond motifs is 1. The Balaban J connectivity index is 1.93. The second-order valence-electron chi connectivity index (χ2n) is 10.1. The SMILES string of the molecule is COc1c([C@H]2[C@H](c3nc4c(C(=N)N(C)C)nc(NC(=O)CCN)cc4[nH]3)O[C@@](C)(C(F)(F)F)[C@H]2C)ccc(F)c1F. The molecule has 41 heavy (non-hydrogen) atoms. The number of aromatic amines is 1. The van der Waals surface area contributed by atoms with Crippen LogP contribution in [0.4, 0.5) is 27.8 Å². The van der Waals surface area contributed by atoms with Gasteiger partial charge in [0.25, 0.3) is 0 Å². The van der Waals surface area contributed by atoms with Crippen LogP contribution in [0.2, 0.25) is 0 Å². The van der Waals surface area contributed by atoms with Gasteiger partial charge in [-0.25, -0.2) is 14.4 Å². The third-order valence-corrected chi connectivity index (χ3v) is 7.38. The van der Waals surface area contributed by atoms with E-state index in [1.54, 1.807) is 14.1 Å². The number of ether oxygens (including phenoxy) is 2. The number of pyridine rings is 1. The second-order valence-corrected chi connectivity index (χ2v) is 10.1. The number of alkyl halides is 3. The van der Waals surface area contributed by atoms with Gasteiger partial charge in [-0.3, -0.25) is 10.2 Å². The second kappa shape index (κ2) is 10.9. The average Bonchev–Trinajstić information content (AvgIpc) is 3.43. The number of imidazole rings is 1. The number of hydrogen-bond acceptors (Lipinski definition) is 7. The summed E-state index contributed by atoms with van der Waals surface area (Å²) in [6.45, 7) is 2.29. The van der Waals surface area contributed by atoms with E-state index < -0.39 is 53.0 Å². The van der Waals surface area contributed by atoms with Crippen LogP contribution in [-0.2, 0) is 9.53 Å². The Morgan fingerprint density at radius 1 is 1.29 bits per heavy atom. The van der Waals surface area contributed by atoms with Gasteiger partial charge in [0.1, 0.15) is 34.8 Å². The number of aromatic nitrogens is 3. The number of carbonyl (C=O) groups excluding carboxylic acids is 1. The molecule has 0 aliphatic carbocycles. The maximum Gasteiger partial charge on any atom is 0.417 e. The van der Waals surface area contributed by atoms with Gasteiger partial charge in [0, 0.05) is 50.5 Å². The monoisotopic (exact) mass is 583 g/mol. The van der Waals surface area contributed by atoms with Crippen LogP contribution in [0, 0.1) is 23.0 Å². The Bertz CT molecular complexity index is 1490. The first kappa shape index (κ1) is 30.1. The number of nitrogens with two attached hydrogens (primary N) is 1. The Morgan fingerprint density at radius 3 is 2.56 bits per heavy atom. The molecule has 222 valence electrons. The average molecular weight is 584 g/mol. The van der Waals surface area contributed by atoms with Crippen LogP contribution in [0.25, 0.3) is 11.0 Å². The first-order valence-electron chi connectivity index (χ1n) is 12.6. The highest BCUT2D eigenvalue weighted by molar-refractivity contribution is 6.05. The van der Waals surface area contributed by atoms with Crippen LogP contribution in [-0.4, -0.2) is 71.1 Å². The fourth-order valence-electron chi connectivity index (χ4n) is 4.99. The van der Waals surface area contributed by atoms with Crippen molar-refractivity contribution >= 4 is 28.6 Å². The van der Waals surface area contributed by atoms with Gasteiger partial charge in [0.2, 0.25) is 11.7 Å². The molecule has 10 nitrogen and oxygen atoms in total. The fraction of sp³-hybridized carbons (Fsp3) is 0.462. The number of nitrogens with one attached hydrogen (secondary N) is 3. The number of rotatable bonds is 7. The first-order chi connectivity index (χ1) is 19.1. The molecular weight excluding hydrogens is 553 g/mol. The number of nitrogens with zero attached hydrogens (tertiary/aromatic N) is 3. The number of carbonyl (C=O) groups is 1. The van der Waals surface area contributed by atoms with Gasteiger partial charge in [-0.2, -0.15) is 17.6 Å². The number of methoxy groups -OCH3 is 1. The van der Waals surface area contributed by atoms with E-state index in [1.807, 2.05) is 0 Å². The molecule has 0 saturated carbocycles. The van der Waals surface area contributed by atoms with Crippen LogP contribution >= 0.6 is 0 Å². The number of benzene rings is 1. The molecule has 4 rings (SSSR count). The molecule has 1 aliphatic heterocycles. The topological polar surface area (TPSA) is 142 Å². The van der Waals surface area contributed by atoms with Gasteiger partial charge in [-0.1, -0.05) is 13.0 Å². The molecule has 0 bridgehead atoms. The summed E-state index contributed by atoms with van der Waals surface area (Å²) in [4.78, 5) is 25.4. The van der Waals surface area contributed by atoms with Crippen LogP contribution < -0.4 is 15.8 Å². The maximum atomic E-state index is 14.7. The quantitative estimate of drug-likeness (QED) is 0.185. The molecule has 0 spiro atoms. The van der Waals surface area contributed by atoms with Crippen molar-refractivity contribution in [2.24, 2.45) is 11.7 Å². The number of hydrogen-bond donors (Lipinski definition) is 4. The third kappa shape index (κ3) is 5.19. The lowest BCUT2D eigenvalue weighted by Gasteiger charge is -2.32.